The Morgan fingerprint density at radius 3 is 2.74 bits per heavy atom. The number of anilines is 1. The average molecular weight is 339 g/mol. The van der Waals surface area contributed by atoms with Gasteiger partial charge in [0.15, 0.2) is 6.61 Å². The fourth-order valence-corrected chi connectivity index (χ4v) is 1.86. The highest BCUT2D eigenvalue weighted by atomic mass is 35.5. The lowest BCUT2D eigenvalue weighted by Gasteiger charge is -2.08. The summed E-state index contributed by atoms with van der Waals surface area (Å²) < 4.78 is 10.8. The molecule has 0 aliphatic heterocycles. The zero-order valence-electron chi connectivity index (χ0n) is 12.7. The van der Waals surface area contributed by atoms with E-state index in [1.165, 1.54) is 0 Å². The molecule has 3 N–H and O–H groups in total. The maximum atomic E-state index is 11.5. The Kier molecular flexibility index (Phi) is 5.57. The second-order valence-electron chi connectivity index (χ2n) is 5.41. The number of benzene rings is 1. The molecular weight excluding hydrogens is 320 g/mol. The van der Waals surface area contributed by atoms with Crippen LogP contribution in [0.15, 0.2) is 28.8 Å². The van der Waals surface area contributed by atoms with Crippen molar-refractivity contribution in [2.75, 3.05) is 5.32 Å². The molecule has 1 aromatic carbocycles. The van der Waals surface area contributed by atoms with Gasteiger partial charge in [0, 0.05) is 11.6 Å². The SMILES string of the molecule is C[C@@H](N)C(=O)Nc1ccc(OCc2noc(C3CC3)n2)cc1.Cl. The summed E-state index contributed by atoms with van der Waals surface area (Å²) in [6, 6.07) is 6.48. The predicted octanol–water partition coefficient (Wildman–Crippen LogP) is 2.23. The van der Waals surface area contributed by atoms with Crippen molar-refractivity contribution in [3.8, 4) is 5.75 Å². The van der Waals surface area contributed by atoms with E-state index in [1.807, 2.05) is 0 Å². The van der Waals surface area contributed by atoms with Gasteiger partial charge in [0.25, 0.3) is 0 Å². The van der Waals surface area contributed by atoms with Crippen LogP contribution < -0.4 is 15.8 Å². The zero-order valence-corrected chi connectivity index (χ0v) is 13.5. The molecule has 3 rings (SSSR count). The first-order valence-corrected chi connectivity index (χ1v) is 7.23. The molecule has 0 bridgehead atoms. The number of amides is 1. The van der Waals surface area contributed by atoms with Gasteiger partial charge in [-0.3, -0.25) is 4.79 Å². The van der Waals surface area contributed by atoms with Crippen LogP contribution in [-0.4, -0.2) is 22.1 Å². The summed E-state index contributed by atoms with van der Waals surface area (Å²) in [5, 5.41) is 6.59. The number of carbonyl (C=O) groups is 1. The second-order valence-corrected chi connectivity index (χ2v) is 5.41. The van der Waals surface area contributed by atoms with E-state index in [-0.39, 0.29) is 24.9 Å². The fraction of sp³-hybridized carbons (Fsp3) is 0.400. The molecule has 8 heteroatoms. The van der Waals surface area contributed by atoms with Crippen LogP contribution in [0.25, 0.3) is 0 Å². The number of nitrogens with one attached hydrogen (secondary N) is 1. The van der Waals surface area contributed by atoms with Crippen LogP contribution in [0.3, 0.4) is 0 Å². The summed E-state index contributed by atoms with van der Waals surface area (Å²) in [6.07, 6.45) is 2.24. The van der Waals surface area contributed by atoms with Crippen molar-refractivity contribution in [1.29, 1.82) is 0 Å². The predicted molar refractivity (Wildman–Crippen MR) is 86.6 cm³/mol. The van der Waals surface area contributed by atoms with E-state index in [0.29, 0.717) is 29.1 Å². The highest BCUT2D eigenvalue weighted by Crippen LogP contribution is 2.38. The van der Waals surface area contributed by atoms with Crippen molar-refractivity contribution in [3.63, 3.8) is 0 Å². The summed E-state index contributed by atoms with van der Waals surface area (Å²) in [4.78, 5) is 15.8. The molecule has 0 radical (unpaired) electrons. The molecule has 0 unspecified atom stereocenters. The first kappa shape index (κ1) is 17.2. The Balaban J connectivity index is 0.00000192. The van der Waals surface area contributed by atoms with Gasteiger partial charge in [-0.1, -0.05) is 5.16 Å². The Labute approximate surface area is 140 Å². The molecule has 23 heavy (non-hydrogen) atoms. The number of nitrogens with two attached hydrogens (primary N) is 1. The van der Waals surface area contributed by atoms with Crippen LogP contribution in [0.2, 0.25) is 0 Å². The molecule has 1 atom stereocenters. The molecule has 1 aliphatic rings. The quantitative estimate of drug-likeness (QED) is 0.837. The van der Waals surface area contributed by atoms with Crippen LogP contribution in [0.4, 0.5) is 5.69 Å². The van der Waals surface area contributed by atoms with Crippen molar-refractivity contribution >= 4 is 24.0 Å². The van der Waals surface area contributed by atoms with E-state index in [4.69, 9.17) is 15.0 Å². The molecule has 2 aromatic rings. The van der Waals surface area contributed by atoms with E-state index in [1.54, 1.807) is 31.2 Å². The number of aromatic nitrogens is 2. The third-order valence-corrected chi connectivity index (χ3v) is 3.31. The highest BCUT2D eigenvalue weighted by molar-refractivity contribution is 5.94. The molecule has 1 saturated carbocycles. The van der Waals surface area contributed by atoms with Gasteiger partial charge in [0.2, 0.25) is 17.6 Å². The van der Waals surface area contributed by atoms with Crippen molar-refractivity contribution in [2.45, 2.75) is 38.3 Å². The Morgan fingerprint density at radius 2 is 2.13 bits per heavy atom. The highest BCUT2D eigenvalue weighted by Gasteiger charge is 2.29. The van der Waals surface area contributed by atoms with Gasteiger partial charge < -0.3 is 20.3 Å². The average Bonchev–Trinajstić information content (AvgIpc) is 3.25. The monoisotopic (exact) mass is 338 g/mol. The summed E-state index contributed by atoms with van der Waals surface area (Å²) in [5.41, 5.74) is 6.17. The van der Waals surface area contributed by atoms with Gasteiger partial charge in [0.1, 0.15) is 5.75 Å². The lowest BCUT2D eigenvalue weighted by Crippen LogP contribution is -2.32. The van der Waals surface area contributed by atoms with E-state index in [2.05, 4.69) is 15.5 Å². The summed E-state index contributed by atoms with van der Waals surface area (Å²) in [5.74, 6) is 2.11. The molecule has 1 heterocycles. The number of ether oxygens (including phenoxy) is 1. The standard InChI is InChI=1S/C15H18N4O3.ClH/c1-9(16)14(20)17-11-4-6-12(7-5-11)21-8-13-18-15(22-19-13)10-2-3-10;/h4-7,9-10H,2-3,8,16H2,1H3,(H,17,20);1H/t9-;/m1./s1. The van der Waals surface area contributed by atoms with E-state index in [0.717, 1.165) is 12.8 Å². The number of rotatable bonds is 6. The Bertz CT molecular complexity index is 653. The largest absolute Gasteiger partial charge is 0.485 e. The maximum Gasteiger partial charge on any atom is 0.240 e. The van der Waals surface area contributed by atoms with Crippen LogP contribution >= 0.6 is 12.4 Å². The minimum atomic E-state index is -0.546. The molecule has 1 amide bonds. The Morgan fingerprint density at radius 1 is 1.43 bits per heavy atom. The van der Waals surface area contributed by atoms with Gasteiger partial charge in [-0.25, -0.2) is 0 Å². The number of hydrogen-bond donors (Lipinski definition) is 2. The minimum absolute atomic E-state index is 0. The Hall–Kier alpha value is -2.12. The molecule has 1 fully saturated rings. The number of hydrogen-bond acceptors (Lipinski definition) is 6. The lowest BCUT2D eigenvalue weighted by molar-refractivity contribution is -0.117. The third-order valence-electron chi connectivity index (χ3n) is 3.31. The maximum absolute atomic E-state index is 11.5. The summed E-state index contributed by atoms with van der Waals surface area (Å²) in [7, 11) is 0. The smallest absolute Gasteiger partial charge is 0.240 e. The number of carbonyl (C=O) groups excluding carboxylic acids is 1. The van der Waals surface area contributed by atoms with Gasteiger partial charge in [-0.15, -0.1) is 12.4 Å². The molecule has 1 aromatic heterocycles. The van der Waals surface area contributed by atoms with Crippen molar-refractivity contribution in [1.82, 2.24) is 10.1 Å². The van der Waals surface area contributed by atoms with Crippen LogP contribution in [0.1, 0.15) is 37.4 Å². The van der Waals surface area contributed by atoms with Crippen molar-refractivity contribution in [2.24, 2.45) is 5.73 Å². The second kappa shape index (κ2) is 7.43. The molecular formula is C15H19ClN4O3. The third kappa shape index (κ3) is 4.67. The number of halogens is 1. The zero-order chi connectivity index (χ0) is 15.5. The molecule has 0 spiro atoms. The summed E-state index contributed by atoms with van der Waals surface area (Å²) in [6.45, 7) is 1.88. The van der Waals surface area contributed by atoms with Gasteiger partial charge in [-0.2, -0.15) is 4.98 Å². The fourth-order valence-electron chi connectivity index (χ4n) is 1.86. The van der Waals surface area contributed by atoms with Gasteiger partial charge in [0.05, 0.1) is 6.04 Å². The first-order chi connectivity index (χ1) is 10.6. The van der Waals surface area contributed by atoms with E-state index >= 15 is 0 Å². The normalized spacial score (nSPS) is 14.7. The van der Waals surface area contributed by atoms with Gasteiger partial charge in [-0.05, 0) is 44.0 Å². The number of nitrogens with zero attached hydrogens (tertiary/aromatic N) is 2. The minimum Gasteiger partial charge on any atom is -0.485 e. The van der Waals surface area contributed by atoms with E-state index < -0.39 is 6.04 Å². The van der Waals surface area contributed by atoms with Gasteiger partial charge >= 0.3 is 0 Å². The summed E-state index contributed by atoms with van der Waals surface area (Å²) >= 11 is 0. The first-order valence-electron chi connectivity index (χ1n) is 7.23. The van der Waals surface area contributed by atoms with Crippen LogP contribution in [0, 0.1) is 0 Å². The molecule has 7 nitrogen and oxygen atoms in total. The van der Waals surface area contributed by atoms with Crippen molar-refractivity contribution in [3.05, 3.63) is 36.0 Å². The van der Waals surface area contributed by atoms with Crippen molar-refractivity contribution < 1.29 is 14.1 Å². The topological polar surface area (TPSA) is 103 Å². The molecule has 0 saturated heterocycles. The van der Waals surface area contributed by atoms with E-state index in [9.17, 15) is 4.79 Å². The van der Waals surface area contributed by atoms with Crippen LogP contribution in [-0.2, 0) is 11.4 Å². The lowest BCUT2D eigenvalue weighted by atomic mass is 10.2. The molecule has 1 aliphatic carbocycles. The molecule has 124 valence electrons. The van der Waals surface area contributed by atoms with Crippen LogP contribution in [0.5, 0.6) is 5.75 Å².